The van der Waals surface area contributed by atoms with Gasteiger partial charge in [0.25, 0.3) is 0 Å². The van der Waals surface area contributed by atoms with Crippen molar-refractivity contribution >= 4 is 29.3 Å². The van der Waals surface area contributed by atoms with Gasteiger partial charge in [-0.2, -0.15) is 0 Å². The molecule has 0 radical (unpaired) electrons. The molecule has 2 atom stereocenters. The summed E-state index contributed by atoms with van der Waals surface area (Å²) in [5, 5.41) is 10.7. The molecule has 0 saturated heterocycles. The minimum atomic E-state index is -0.0528. The number of benzene rings is 2. The molecule has 0 heterocycles. The van der Waals surface area contributed by atoms with Gasteiger partial charge in [0.05, 0.1) is 17.8 Å². The normalized spacial score (nSPS) is 12.9. The lowest BCUT2D eigenvalue weighted by Gasteiger charge is -2.13. The molecule has 0 aliphatic heterocycles. The fourth-order valence-corrected chi connectivity index (χ4v) is 2.50. The van der Waals surface area contributed by atoms with E-state index in [0.29, 0.717) is 5.69 Å². The Morgan fingerprint density at radius 3 is 1.57 bits per heavy atom. The minimum absolute atomic E-state index is 0.0170. The van der Waals surface area contributed by atoms with Crippen LogP contribution in [0.1, 0.15) is 37.1 Å². The van der Waals surface area contributed by atoms with Gasteiger partial charge in [-0.1, -0.05) is 24.3 Å². The van der Waals surface area contributed by atoms with E-state index in [9.17, 15) is 0 Å². The summed E-state index contributed by atoms with van der Waals surface area (Å²) in [4.78, 5) is 4.37. The molecule has 2 unspecified atom stereocenters. The van der Waals surface area contributed by atoms with Crippen molar-refractivity contribution in [3.8, 4) is 0 Å². The van der Waals surface area contributed by atoms with Crippen molar-refractivity contribution in [2.45, 2.75) is 25.9 Å². The van der Waals surface area contributed by atoms with Crippen LogP contribution < -0.4 is 44.8 Å². The molecule has 0 saturated carbocycles. The quantitative estimate of drug-likeness (QED) is 0.173. The van der Waals surface area contributed by atoms with Crippen LogP contribution in [-0.4, -0.2) is 17.9 Å². The second-order valence-corrected chi connectivity index (χ2v) is 6.61. The number of guanidine groups is 3. The lowest BCUT2D eigenvalue weighted by atomic mass is 10.1. The van der Waals surface area contributed by atoms with Crippen molar-refractivity contribution in [1.82, 2.24) is 10.9 Å². The number of nitrogens with two attached hydrogens (primary N) is 5. The van der Waals surface area contributed by atoms with E-state index in [-0.39, 0.29) is 30.0 Å². The predicted octanol–water partition coefficient (Wildman–Crippen LogP) is 0.423. The van der Waals surface area contributed by atoms with Crippen molar-refractivity contribution in [3.63, 3.8) is 0 Å². The molecule has 30 heavy (non-hydrogen) atoms. The molecule has 0 fully saturated rings. The van der Waals surface area contributed by atoms with Gasteiger partial charge < -0.3 is 34.0 Å². The SMILES string of the molecule is CC(NN=C(N)N)c1ccc(N=C(N)Nc2ccc(C(C)NN=C(N)N)cc2)cc1. The number of hydrogen-bond acceptors (Lipinski definition) is 5. The monoisotopic (exact) mass is 411 g/mol. The summed E-state index contributed by atoms with van der Waals surface area (Å²) in [6.07, 6.45) is 0. The Hall–Kier alpha value is -4.15. The van der Waals surface area contributed by atoms with Crippen LogP contribution in [0, 0.1) is 0 Å². The van der Waals surface area contributed by atoms with E-state index >= 15 is 0 Å². The average Bonchev–Trinajstić information content (AvgIpc) is 2.71. The second-order valence-electron chi connectivity index (χ2n) is 6.61. The summed E-state index contributed by atoms with van der Waals surface area (Å²) in [5.74, 6) is 0.236. The fraction of sp³-hybridized carbons (Fsp3) is 0.211. The summed E-state index contributed by atoms with van der Waals surface area (Å²) in [6, 6.07) is 15.1. The Bertz CT molecular complexity index is 893. The van der Waals surface area contributed by atoms with Gasteiger partial charge in [0.2, 0.25) is 11.9 Å². The Kier molecular flexibility index (Phi) is 7.68. The first kappa shape index (κ1) is 22.1. The lowest BCUT2D eigenvalue weighted by molar-refractivity contribution is 0.604. The molecule has 2 aromatic rings. The Balaban J connectivity index is 1.97. The molecule has 13 N–H and O–H groups in total. The van der Waals surface area contributed by atoms with Crippen LogP contribution in [0.4, 0.5) is 11.4 Å². The van der Waals surface area contributed by atoms with E-state index < -0.39 is 0 Å². The van der Waals surface area contributed by atoms with Gasteiger partial charge in [-0.25, -0.2) is 4.99 Å². The highest BCUT2D eigenvalue weighted by atomic mass is 15.3. The molecular weight excluding hydrogens is 382 g/mol. The molecule has 2 rings (SSSR count). The number of rotatable bonds is 8. The maximum atomic E-state index is 6.02. The first-order chi connectivity index (χ1) is 14.2. The summed E-state index contributed by atoms with van der Waals surface area (Å²) in [6.45, 7) is 3.89. The van der Waals surface area contributed by atoms with E-state index in [1.54, 1.807) is 0 Å². The number of aliphatic imine (C=N–C) groups is 1. The molecule has 0 aromatic heterocycles. The first-order valence-electron chi connectivity index (χ1n) is 9.24. The molecule has 11 nitrogen and oxygen atoms in total. The topological polar surface area (TPSA) is 203 Å². The van der Waals surface area contributed by atoms with E-state index in [4.69, 9.17) is 28.7 Å². The van der Waals surface area contributed by atoms with Crippen LogP contribution in [0.3, 0.4) is 0 Å². The van der Waals surface area contributed by atoms with Crippen LogP contribution >= 0.6 is 0 Å². The third-order valence-electron chi connectivity index (χ3n) is 4.10. The Labute approximate surface area is 175 Å². The lowest BCUT2D eigenvalue weighted by Crippen LogP contribution is -2.27. The zero-order valence-corrected chi connectivity index (χ0v) is 17.0. The smallest absolute Gasteiger partial charge is 0.208 e. The fourth-order valence-electron chi connectivity index (χ4n) is 2.50. The molecular formula is C19H29N11. The van der Waals surface area contributed by atoms with E-state index in [1.807, 2.05) is 62.4 Å². The van der Waals surface area contributed by atoms with Gasteiger partial charge in [0.1, 0.15) is 0 Å². The number of nitrogens with zero attached hydrogens (tertiary/aromatic N) is 3. The highest BCUT2D eigenvalue weighted by Crippen LogP contribution is 2.19. The van der Waals surface area contributed by atoms with Crippen LogP contribution in [0.5, 0.6) is 0 Å². The zero-order chi connectivity index (χ0) is 22.1. The summed E-state index contributed by atoms with van der Waals surface area (Å²) >= 11 is 0. The third kappa shape index (κ3) is 7.11. The van der Waals surface area contributed by atoms with Gasteiger partial charge in [0.15, 0.2) is 5.96 Å². The van der Waals surface area contributed by atoms with E-state index in [1.165, 1.54) is 0 Å². The number of anilines is 1. The van der Waals surface area contributed by atoms with E-state index in [2.05, 4.69) is 31.4 Å². The summed E-state index contributed by atoms with van der Waals surface area (Å²) in [7, 11) is 0. The molecule has 0 aliphatic rings. The van der Waals surface area contributed by atoms with Gasteiger partial charge in [-0.15, -0.1) is 10.2 Å². The minimum Gasteiger partial charge on any atom is -0.369 e. The van der Waals surface area contributed by atoms with Crippen molar-refractivity contribution in [1.29, 1.82) is 0 Å². The van der Waals surface area contributed by atoms with Crippen LogP contribution in [0.25, 0.3) is 0 Å². The molecule has 0 spiro atoms. The van der Waals surface area contributed by atoms with Crippen molar-refractivity contribution in [3.05, 3.63) is 59.7 Å². The number of hydrogen-bond donors (Lipinski definition) is 8. The van der Waals surface area contributed by atoms with Crippen LogP contribution in [0.2, 0.25) is 0 Å². The molecule has 11 heteroatoms. The van der Waals surface area contributed by atoms with Gasteiger partial charge in [-0.05, 0) is 49.2 Å². The van der Waals surface area contributed by atoms with Gasteiger partial charge in [0, 0.05) is 5.69 Å². The van der Waals surface area contributed by atoms with Crippen LogP contribution in [0.15, 0.2) is 63.7 Å². The van der Waals surface area contributed by atoms with Crippen LogP contribution in [-0.2, 0) is 0 Å². The summed E-state index contributed by atoms with van der Waals surface area (Å²) < 4.78 is 0. The zero-order valence-electron chi connectivity index (χ0n) is 17.0. The van der Waals surface area contributed by atoms with Gasteiger partial charge in [-0.3, -0.25) is 10.9 Å². The molecule has 160 valence electrons. The molecule has 0 bridgehead atoms. The Morgan fingerprint density at radius 2 is 1.13 bits per heavy atom. The third-order valence-corrected chi connectivity index (χ3v) is 4.10. The first-order valence-corrected chi connectivity index (χ1v) is 9.24. The van der Waals surface area contributed by atoms with Gasteiger partial charge >= 0.3 is 0 Å². The van der Waals surface area contributed by atoms with E-state index in [0.717, 1.165) is 16.8 Å². The highest BCUT2D eigenvalue weighted by Gasteiger charge is 2.06. The molecule has 0 aliphatic carbocycles. The number of hydrazone groups is 2. The summed E-state index contributed by atoms with van der Waals surface area (Å²) in [5.41, 5.74) is 36.5. The Morgan fingerprint density at radius 1 is 0.700 bits per heavy atom. The number of nitrogens with one attached hydrogen (secondary N) is 3. The molecule has 0 amide bonds. The average molecular weight is 412 g/mol. The van der Waals surface area contributed by atoms with Crippen molar-refractivity contribution < 1.29 is 0 Å². The van der Waals surface area contributed by atoms with Crippen molar-refractivity contribution in [2.24, 2.45) is 43.9 Å². The maximum Gasteiger partial charge on any atom is 0.208 e. The van der Waals surface area contributed by atoms with Crippen molar-refractivity contribution in [2.75, 3.05) is 5.32 Å². The largest absolute Gasteiger partial charge is 0.369 e. The highest BCUT2D eigenvalue weighted by molar-refractivity contribution is 5.94. The maximum absolute atomic E-state index is 6.02. The second kappa shape index (κ2) is 10.4. The molecule has 2 aromatic carbocycles. The predicted molar refractivity (Wildman–Crippen MR) is 123 cm³/mol. The standard InChI is InChI=1S/C19H29N11/c1-11(27-29-17(20)21)13-3-7-15(8-4-13)25-19(24)26-16-9-5-14(6-10-16)12(2)28-30-18(22)23/h3-12,27-28H,1-2H3,(H4,20,21,29)(H4,22,23,30)(H3,24,25,26).